The number of aromatic nitrogens is 4. The monoisotopic (exact) mass is 307 g/mol. The number of aryl methyl sites for hydroxylation is 2. The molecule has 0 atom stereocenters. The minimum atomic E-state index is -0.653. The quantitative estimate of drug-likeness (QED) is 0.896. The molecule has 0 radical (unpaired) electrons. The van der Waals surface area contributed by atoms with E-state index in [1.54, 1.807) is 30.0 Å². The minimum Gasteiger partial charge on any atom is -0.325 e. The highest BCUT2D eigenvalue weighted by molar-refractivity contribution is 5.70. The second-order valence-corrected chi connectivity index (χ2v) is 7.06. The average molecular weight is 307 g/mol. The largest absolute Gasteiger partial charge is 0.332 e. The Labute approximate surface area is 129 Å². The highest BCUT2D eigenvalue weighted by Gasteiger charge is 2.22. The fraction of sp³-hybridized carbons (Fsp3) is 0.667. The number of imidazole rings is 1. The smallest absolute Gasteiger partial charge is 0.325 e. The summed E-state index contributed by atoms with van der Waals surface area (Å²) in [5.74, 6) is 0.966. The molecule has 0 amide bonds. The molecule has 122 valence electrons. The predicted octanol–water partition coefficient (Wildman–Crippen LogP) is 0.598. The van der Waals surface area contributed by atoms with E-state index in [9.17, 15) is 9.59 Å². The van der Waals surface area contributed by atoms with Crippen molar-refractivity contribution >= 4 is 11.2 Å². The summed E-state index contributed by atoms with van der Waals surface area (Å²) in [7, 11) is 1.79. The van der Waals surface area contributed by atoms with Crippen molar-refractivity contribution in [2.24, 2.45) is 18.7 Å². The molecule has 22 heavy (non-hydrogen) atoms. The summed E-state index contributed by atoms with van der Waals surface area (Å²) in [5.41, 5.74) is 5.58. The lowest BCUT2D eigenvalue weighted by molar-refractivity contribution is 0.400. The zero-order valence-corrected chi connectivity index (χ0v) is 14.2. The Morgan fingerprint density at radius 2 is 1.82 bits per heavy atom. The Balaban J connectivity index is 2.89. The molecule has 0 aliphatic heterocycles. The standard InChI is InChI=1S/C15H25N5O2/c1-9(2)7-19-12-11(18(6)10(3)17-12)13(21)20(14(19)22)8-15(4,5)16/h9H,7-8,16H2,1-6H3. The second kappa shape index (κ2) is 5.39. The summed E-state index contributed by atoms with van der Waals surface area (Å²) in [6, 6.07) is 0. The Kier molecular flexibility index (Phi) is 4.04. The van der Waals surface area contributed by atoms with Gasteiger partial charge in [0.15, 0.2) is 11.2 Å². The summed E-state index contributed by atoms with van der Waals surface area (Å²) < 4.78 is 4.54. The van der Waals surface area contributed by atoms with Gasteiger partial charge >= 0.3 is 5.69 Å². The molecular weight excluding hydrogens is 282 g/mol. The van der Waals surface area contributed by atoms with Gasteiger partial charge in [-0.1, -0.05) is 13.8 Å². The molecular formula is C15H25N5O2. The fourth-order valence-corrected chi connectivity index (χ4v) is 2.55. The zero-order valence-electron chi connectivity index (χ0n) is 14.2. The van der Waals surface area contributed by atoms with Gasteiger partial charge in [0.25, 0.3) is 5.56 Å². The van der Waals surface area contributed by atoms with E-state index in [4.69, 9.17) is 5.73 Å². The van der Waals surface area contributed by atoms with Gasteiger partial charge in [0.05, 0.1) is 0 Å². The maximum Gasteiger partial charge on any atom is 0.332 e. The van der Waals surface area contributed by atoms with Crippen LogP contribution >= 0.6 is 0 Å². The summed E-state index contributed by atoms with van der Waals surface area (Å²) >= 11 is 0. The maximum atomic E-state index is 12.8. The van der Waals surface area contributed by atoms with E-state index in [1.807, 2.05) is 20.8 Å². The summed E-state index contributed by atoms with van der Waals surface area (Å²) in [6.07, 6.45) is 0. The third-order valence-corrected chi connectivity index (χ3v) is 3.58. The van der Waals surface area contributed by atoms with Crippen LogP contribution in [-0.4, -0.2) is 24.2 Å². The Morgan fingerprint density at radius 1 is 1.23 bits per heavy atom. The lowest BCUT2D eigenvalue weighted by Gasteiger charge is -2.21. The topological polar surface area (TPSA) is 87.8 Å². The number of nitrogens with zero attached hydrogens (tertiary/aromatic N) is 4. The lowest BCUT2D eigenvalue weighted by Crippen LogP contribution is -2.48. The lowest BCUT2D eigenvalue weighted by atomic mass is 10.1. The van der Waals surface area contributed by atoms with Crippen molar-refractivity contribution in [3.63, 3.8) is 0 Å². The number of fused-ring (bicyclic) bond motifs is 1. The molecule has 7 nitrogen and oxygen atoms in total. The molecule has 0 saturated carbocycles. The van der Waals surface area contributed by atoms with Crippen LogP contribution in [0.4, 0.5) is 0 Å². The van der Waals surface area contributed by atoms with E-state index in [1.165, 1.54) is 4.57 Å². The van der Waals surface area contributed by atoms with Gasteiger partial charge in [0, 0.05) is 25.7 Å². The van der Waals surface area contributed by atoms with Crippen molar-refractivity contribution in [3.05, 3.63) is 26.7 Å². The van der Waals surface area contributed by atoms with Crippen molar-refractivity contribution in [1.29, 1.82) is 0 Å². The Morgan fingerprint density at radius 3 is 2.32 bits per heavy atom. The number of hydrogen-bond acceptors (Lipinski definition) is 4. The first-order valence-corrected chi connectivity index (χ1v) is 7.48. The van der Waals surface area contributed by atoms with E-state index in [0.717, 1.165) is 0 Å². The normalized spacial score (nSPS) is 12.5. The highest BCUT2D eigenvalue weighted by Crippen LogP contribution is 2.11. The number of hydrogen-bond donors (Lipinski definition) is 1. The van der Waals surface area contributed by atoms with Crippen LogP contribution in [0.25, 0.3) is 11.2 Å². The third kappa shape index (κ3) is 2.85. The Hall–Kier alpha value is -1.89. The first kappa shape index (κ1) is 16.5. The molecule has 0 aliphatic carbocycles. The van der Waals surface area contributed by atoms with Gasteiger partial charge < -0.3 is 10.3 Å². The fourth-order valence-electron chi connectivity index (χ4n) is 2.55. The molecule has 0 spiro atoms. The van der Waals surface area contributed by atoms with Crippen LogP contribution in [0.5, 0.6) is 0 Å². The third-order valence-electron chi connectivity index (χ3n) is 3.58. The van der Waals surface area contributed by atoms with Gasteiger partial charge in [-0.15, -0.1) is 0 Å². The van der Waals surface area contributed by atoms with E-state index >= 15 is 0 Å². The molecule has 2 N–H and O–H groups in total. The van der Waals surface area contributed by atoms with E-state index in [0.29, 0.717) is 23.5 Å². The molecule has 2 rings (SSSR count). The number of nitrogens with two attached hydrogens (primary N) is 1. The van der Waals surface area contributed by atoms with Crippen molar-refractivity contribution in [1.82, 2.24) is 18.7 Å². The van der Waals surface area contributed by atoms with Crippen LogP contribution in [0.1, 0.15) is 33.5 Å². The molecule has 7 heteroatoms. The summed E-state index contributed by atoms with van der Waals surface area (Å²) in [5, 5.41) is 0. The van der Waals surface area contributed by atoms with Crippen LogP contribution in [0.15, 0.2) is 9.59 Å². The SMILES string of the molecule is Cc1nc2c(c(=O)n(CC(C)(C)N)c(=O)n2CC(C)C)n1C. The van der Waals surface area contributed by atoms with Crippen LogP contribution in [-0.2, 0) is 20.1 Å². The molecule has 2 aromatic rings. The van der Waals surface area contributed by atoms with E-state index in [2.05, 4.69) is 4.98 Å². The maximum absolute atomic E-state index is 12.8. The van der Waals surface area contributed by atoms with Crippen LogP contribution < -0.4 is 17.0 Å². The van der Waals surface area contributed by atoms with Gasteiger partial charge in [-0.2, -0.15) is 0 Å². The van der Waals surface area contributed by atoms with Crippen LogP contribution in [0, 0.1) is 12.8 Å². The molecule has 0 unspecified atom stereocenters. The molecule has 0 aromatic carbocycles. The van der Waals surface area contributed by atoms with Crippen molar-refractivity contribution in [2.45, 2.75) is 53.2 Å². The molecule has 2 aromatic heterocycles. The number of rotatable bonds is 4. The van der Waals surface area contributed by atoms with E-state index < -0.39 is 5.54 Å². The first-order valence-electron chi connectivity index (χ1n) is 7.48. The Bertz CT molecular complexity index is 818. The summed E-state index contributed by atoms with van der Waals surface area (Å²) in [4.78, 5) is 29.9. The van der Waals surface area contributed by atoms with E-state index in [-0.39, 0.29) is 23.7 Å². The average Bonchev–Trinajstić information content (AvgIpc) is 2.65. The van der Waals surface area contributed by atoms with Gasteiger partial charge in [-0.25, -0.2) is 9.78 Å². The van der Waals surface area contributed by atoms with Gasteiger partial charge in [0.2, 0.25) is 0 Å². The van der Waals surface area contributed by atoms with Crippen molar-refractivity contribution < 1.29 is 0 Å². The molecule has 0 saturated heterocycles. The first-order chi connectivity index (χ1) is 10.0. The minimum absolute atomic E-state index is 0.170. The second-order valence-electron chi connectivity index (χ2n) is 7.06. The molecule has 0 aliphatic rings. The van der Waals surface area contributed by atoms with Gasteiger partial charge in [0.1, 0.15) is 5.82 Å². The molecule has 0 bridgehead atoms. The molecule has 2 heterocycles. The highest BCUT2D eigenvalue weighted by atomic mass is 16.2. The van der Waals surface area contributed by atoms with Gasteiger partial charge in [-0.3, -0.25) is 13.9 Å². The van der Waals surface area contributed by atoms with Gasteiger partial charge in [-0.05, 0) is 26.7 Å². The molecule has 0 fully saturated rings. The zero-order chi connectivity index (χ0) is 16.8. The van der Waals surface area contributed by atoms with Crippen molar-refractivity contribution in [2.75, 3.05) is 0 Å². The van der Waals surface area contributed by atoms with Crippen molar-refractivity contribution in [3.8, 4) is 0 Å². The summed E-state index contributed by atoms with van der Waals surface area (Å²) in [6.45, 7) is 10.1. The predicted molar refractivity (Wildman–Crippen MR) is 87.1 cm³/mol. The van der Waals surface area contributed by atoms with Crippen LogP contribution in [0.3, 0.4) is 0 Å². The van der Waals surface area contributed by atoms with Crippen LogP contribution in [0.2, 0.25) is 0 Å².